The van der Waals surface area contributed by atoms with Gasteiger partial charge in [-0.05, 0) is 11.6 Å². The van der Waals surface area contributed by atoms with Gasteiger partial charge in [0.25, 0.3) is 6.43 Å². The molecule has 2 aromatic rings. The Labute approximate surface area is 154 Å². The molecule has 0 saturated carbocycles. The van der Waals surface area contributed by atoms with Gasteiger partial charge in [-0.25, -0.2) is 23.1 Å². The molecular formula is C13H14ClF4N5O2S. The summed E-state index contributed by atoms with van der Waals surface area (Å²) >= 11 is 5.96. The van der Waals surface area contributed by atoms with E-state index in [2.05, 4.69) is 10.1 Å². The average molecular weight is 416 g/mol. The summed E-state index contributed by atoms with van der Waals surface area (Å²) < 4.78 is 58.7. The molecule has 2 amide bonds. The number of ether oxygens (including phenoxy) is 1. The maximum Gasteiger partial charge on any atom is 0.339 e. The van der Waals surface area contributed by atoms with Gasteiger partial charge in [0.15, 0.2) is 0 Å². The number of rotatable bonds is 7. The summed E-state index contributed by atoms with van der Waals surface area (Å²) in [5.41, 5.74) is -0.442. The normalized spacial score (nSPS) is 15.9. The molecule has 1 aliphatic rings. The highest BCUT2D eigenvalue weighted by atomic mass is 35.5. The number of fused-ring (bicyclic) bond motifs is 1. The molecule has 0 atom stereocenters. The van der Waals surface area contributed by atoms with Gasteiger partial charge >= 0.3 is 11.4 Å². The van der Waals surface area contributed by atoms with E-state index in [1.165, 1.54) is 16.5 Å². The highest BCUT2D eigenvalue weighted by Gasteiger charge is 2.37. The molecule has 26 heavy (non-hydrogen) atoms. The lowest BCUT2D eigenvalue weighted by molar-refractivity contribution is 0.0631. The molecule has 3 rings (SSSR count). The number of imidazole rings is 1. The van der Waals surface area contributed by atoms with Gasteiger partial charge < -0.3 is 14.5 Å². The third-order valence-electron chi connectivity index (χ3n) is 3.74. The number of carbonyl (C=O) groups is 1. The van der Waals surface area contributed by atoms with E-state index in [1.54, 1.807) is 0 Å². The van der Waals surface area contributed by atoms with Crippen LogP contribution in [0.4, 0.5) is 22.4 Å². The molecule has 13 heteroatoms. The number of amides is 2. The number of carbonyl (C=O) groups excluding carboxylic acids is 1. The molecule has 1 fully saturated rings. The standard InChI is InChI=1S/C13H14ClF4N5O2S/c1-25-5-8-20-23-7(9(10(15)16)19-11(23)26-8)4-21-2-3-22(12(21)24)6-13(14,17)18/h10H,2-6H2,1H3. The molecule has 2 aromatic heterocycles. The molecule has 0 aliphatic carbocycles. The minimum absolute atomic E-state index is 0.0269. The van der Waals surface area contributed by atoms with E-state index in [1.807, 2.05) is 0 Å². The van der Waals surface area contributed by atoms with Gasteiger partial charge in [0.1, 0.15) is 17.2 Å². The zero-order valence-corrected chi connectivity index (χ0v) is 15.0. The average Bonchev–Trinajstić information content (AvgIpc) is 3.16. The van der Waals surface area contributed by atoms with Crippen LogP contribution in [-0.4, -0.2) is 62.6 Å². The Morgan fingerprint density at radius 1 is 1.35 bits per heavy atom. The number of halogens is 5. The molecule has 0 unspecified atom stereocenters. The molecule has 1 aliphatic heterocycles. The highest BCUT2D eigenvalue weighted by Crippen LogP contribution is 2.29. The van der Waals surface area contributed by atoms with Crippen LogP contribution in [-0.2, 0) is 17.9 Å². The second-order valence-corrected chi connectivity index (χ2v) is 7.20. The minimum atomic E-state index is -3.55. The molecule has 7 nitrogen and oxygen atoms in total. The number of methoxy groups -OCH3 is 1. The van der Waals surface area contributed by atoms with Crippen LogP contribution >= 0.6 is 22.9 Å². The van der Waals surface area contributed by atoms with Crippen LogP contribution in [0.2, 0.25) is 0 Å². The zero-order valence-electron chi connectivity index (χ0n) is 13.5. The molecular weight excluding hydrogens is 402 g/mol. The Bertz CT molecular complexity index is 808. The molecule has 0 N–H and O–H groups in total. The van der Waals surface area contributed by atoms with Crippen LogP contribution in [0.25, 0.3) is 4.96 Å². The lowest BCUT2D eigenvalue weighted by atomic mass is 10.3. The summed E-state index contributed by atoms with van der Waals surface area (Å²) in [4.78, 5) is 18.4. The van der Waals surface area contributed by atoms with Crippen molar-refractivity contribution in [1.29, 1.82) is 0 Å². The molecule has 3 heterocycles. The Morgan fingerprint density at radius 3 is 2.65 bits per heavy atom. The van der Waals surface area contributed by atoms with Gasteiger partial charge in [-0.1, -0.05) is 11.3 Å². The van der Waals surface area contributed by atoms with Crippen LogP contribution in [0.1, 0.15) is 22.8 Å². The second kappa shape index (κ2) is 7.16. The summed E-state index contributed by atoms with van der Waals surface area (Å²) in [5, 5.41) is 1.16. The van der Waals surface area contributed by atoms with Crippen molar-refractivity contribution >= 4 is 33.9 Å². The van der Waals surface area contributed by atoms with Crippen molar-refractivity contribution in [2.24, 2.45) is 0 Å². The van der Waals surface area contributed by atoms with Gasteiger partial charge in [-0.3, -0.25) is 0 Å². The van der Waals surface area contributed by atoms with Crippen LogP contribution in [0.15, 0.2) is 0 Å². The van der Waals surface area contributed by atoms with E-state index in [0.29, 0.717) is 5.01 Å². The first-order valence-corrected chi connectivity index (χ1v) is 8.64. The third kappa shape index (κ3) is 3.86. The van der Waals surface area contributed by atoms with Gasteiger partial charge in [-0.15, -0.1) is 0 Å². The SMILES string of the molecule is COCc1nn2c(CN3CCN(CC(F)(F)Cl)C3=O)c(C(F)F)nc2s1. The van der Waals surface area contributed by atoms with Crippen molar-refractivity contribution in [3.05, 3.63) is 16.4 Å². The van der Waals surface area contributed by atoms with E-state index in [-0.39, 0.29) is 36.9 Å². The fourth-order valence-electron chi connectivity index (χ4n) is 2.67. The van der Waals surface area contributed by atoms with Gasteiger partial charge in [0, 0.05) is 20.2 Å². The van der Waals surface area contributed by atoms with Crippen molar-refractivity contribution in [2.75, 3.05) is 26.7 Å². The highest BCUT2D eigenvalue weighted by molar-refractivity contribution is 7.16. The fraction of sp³-hybridized carbons (Fsp3) is 0.615. The van der Waals surface area contributed by atoms with Crippen molar-refractivity contribution in [1.82, 2.24) is 24.4 Å². The minimum Gasteiger partial charge on any atom is -0.377 e. The van der Waals surface area contributed by atoms with Crippen molar-refractivity contribution in [2.45, 2.75) is 25.0 Å². The summed E-state index contributed by atoms with van der Waals surface area (Å²) in [6.07, 6.45) is -2.86. The number of urea groups is 1. The van der Waals surface area contributed by atoms with Gasteiger partial charge in [0.2, 0.25) is 4.96 Å². The maximum absolute atomic E-state index is 13.3. The fourth-order valence-corrected chi connectivity index (χ4v) is 3.71. The number of nitrogens with zero attached hydrogens (tertiary/aromatic N) is 5. The van der Waals surface area contributed by atoms with Crippen molar-refractivity contribution in [3.8, 4) is 0 Å². The van der Waals surface area contributed by atoms with Crippen LogP contribution < -0.4 is 0 Å². The summed E-state index contributed by atoms with van der Waals surface area (Å²) in [5.74, 6) is 0. The van der Waals surface area contributed by atoms with Gasteiger partial charge in [0.05, 0.1) is 18.8 Å². The van der Waals surface area contributed by atoms with Crippen LogP contribution in [0, 0.1) is 0 Å². The molecule has 0 bridgehead atoms. The molecule has 0 spiro atoms. The summed E-state index contributed by atoms with van der Waals surface area (Å²) in [6, 6.07) is -0.701. The first kappa shape index (κ1) is 19.1. The number of alkyl halides is 5. The number of hydrogen-bond acceptors (Lipinski definition) is 5. The van der Waals surface area contributed by atoms with E-state index in [0.717, 1.165) is 16.2 Å². The second-order valence-electron chi connectivity index (χ2n) is 5.61. The van der Waals surface area contributed by atoms with Crippen molar-refractivity contribution < 1.29 is 27.1 Å². The largest absolute Gasteiger partial charge is 0.377 e. The number of hydrogen-bond donors (Lipinski definition) is 0. The first-order chi connectivity index (χ1) is 12.2. The molecule has 1 saturated heterocycles. The first-order valence-electron chi connectivity index (χ1n) is 7.44. The topological polar surface area (TPSA) is 63.0 Å². The van der Waals surface area contributed by atoms with E-state index in [4.69, 9.17) is 16.3 Å². The molecule has 144 valence electrons. The van der Waals surface area contributed by atoms with E-state index < -0.39 is 30.1 Å². The molecule has 0 radical (unpaired) electrons. The lowest BCUT2D eigenvalue weighted by Gasteiger charge is -2.20. The van der Waals surface area contributed by atoms with Gasteiger partial charge in [-0.2, -0.15) is 13.9 Å². The smallest absolute Gasteiger partial charge is 0.339 e. The van der Waals surface area contributed by atoms with Crippen LogP contribution in [0.5, 0.6) is 0 Å². The molecule has 0 aromatic carbocycles. The summed E-state index contributed by atoms with van der Waals surface area (Å²) in [7, 11) is 1.47. The quantitative estimate of drug-likeness (QED) is 0.515. The predicted molar refractivity (Wildman–Crippen MR) is 84.7 cm³/mol. The summed E-state index contributed by atoms with van der Waals surface area (Å²) in [6.45, 7) is -0.836. The number of aromatic nitrogens is 3. The lowest BCUT2D eigenvalue weighted by Crippen LogP contribution is -2.37. The van der Waals surface area contributed by atoms with Crippen LogP contribution in [0.3, 0.4) is 0 Å². The maximum atomic E-state index is 13.3. The Kier molecular flexibility index (Phi) is 5.26. The monoisotopic (exact) mass is 415 g/mol. The Balaban J connectivity index is 1.85. The Morgan fingerprint density at radius 2 is 2.04 bits per heavy atom. The third-order valence-corrected chi connectivity index (χ3v) is 4.74. The van der Waals surface area contributed by atoms with E-state index >= 15 is 0 Å². The zero-order chi connectivity index (χ0) is 19.1. The van der Waals surface area contributed by atoms with Crippen molar-refractivity contribution in [3.63, 3.8) is 0 Å². The van der Waals surface area contributed by atoms with E-state index in [9.17, 15) is 22.4 Å². The Hall–Kier alpha value is -1.66. The predicted octanol–water partition coefficient (Wildman–Crippen LogP) is 2.94.